The summed E-state index contributed by atoms with van der Waals surface area (Å²) in [7, 11) is 0. The van der Waals surface area contributed by atoms with E-state index >= 15 is 0 Å². The summed E-state index contributed by atoms with van der Waals surface area (Å²) in [6, 6.07) is 11.6. The number of aliphatic hydroxyl groups excluding tert-OH is 3. The van der Waals surface area contributed by atoms with E-state index in [2.05, 4.69) is 10.3 Å². The monoisotopic (exact) mass is 349 g/mol. The van der Waals surface area contributed by atoms with Crippen LogP contribution >= 0.6 is 12.2 Å². The molecular weight excluding hydrogens is 330 g/mol. The predicted octanol–water partition coefficient (Wildman–Crippen LogP) is 0.836. The predicted molar refractivity (Wildman–Crippen MR) is 89.8 cm³/mol. The standard InChI is InChI=1S/C16H19N3O4S/c20-9-11-13(21)14(22)15(23-11)19-7-6-12(18-16(19)24)17-8-10-4-2-1-3-5-10/h1-7,11,13-15,20-22H,8-9H2,(H,17,18,24)/t11-,13-,14-,15-/m1/s1. The number of aromatic nitrogens is 2. The van der Waals surface area contributed by atoms with E-state index in [1.54, 1.807) is 12.3 Å². The molecule has 2 heterocycles. The first-order chi connectivity index (χ1) is 11.6. The molecular formula is C16H19N3O4S. The van der Waals surface area contributed by atoms with Gasteiger partial charge in [-0.15, -0.1) is 0 Å². The van der Waals surface area contributed by atoms with Gasteiger partial charge in [-0.3, -0.25) is 4.57 Å². The molecule has 3 rings (SSSR count). The van der Waals surface area contributed by atoms with Crippen molar-refractivity contribution in [3.8, 4) is 0 Å². The number of nitrogens with zero attached hydrogens (tertiary/aromatic N) is 2. The molecule has 8 heteroatoms. The number of nitrogens with one attached hydrogen (secondary N) is 1. The van der Waals surface area contributed by atoms with Crippen molar-refractivity contribution in [1.82, 2.24) is 9.55 Å². The molecule has 2 aromatic rings. The number of ether oxygens (including phenoxy) is 1. The lowest BCUT2D eigenvalue weighted by molar-refractivity contribution is -0.0540. The van der Waals surface area contributed by atoms with E-state index in [0.717, 1.165) is 5.56 Å². The smallest absolute Gasteiger partial charge is 0.203 e. The number of anilines is 1. The van der Waals surface area contributed by atoms with Crippen LogP contribution in [-0.4, -0.2) is 49.8 Å². The Morgan fingerprint density at radius 1 is 1.17 bits per heavy atom. The summed E-state index contributed by atoms with van der Waals surface area (Å²) in [5.41, 5.74) is 1.12. The highest BCUT2D eigenvalue weighted by molar-refractivity contribution is 7.71. The maximum absolute atomic E-state index is 10.1. The highest BCUT2D eigenvalue weighted by Gasteiger charge is 2.43. The second-order valence-electron chi connectivity index (χ2n) is 5.57. The van der Waals surface area contributed by atoms with Crippen molar-refractivity contribution >= 4 is 18.0 Å². The van der Waals surface area contributed by atoms with Gasteiger partial charge in [0.25, 0.3) is 0 Å². The summed E-state index contributed by atoms with van der Waals surface area (Å²) in [6.45, 7) is 0.229. The first-order valence-corrected chi connectivity index (χ1v) is 8.00. The summed E-state index contributed by atoms with van der Waals surface area (Å²) in [4.78, 5) is 4.27. The van der Waals surface area contributed by atoms with Crippen molar-refractivity contribution in [2.45, 2.75) is 31.1 Å². The fourth-order valence-electron chi connectivity index (χ4n) is 2.60. The van der Waals surface area contributed by atoms with Crippen LogP contribution in [0, 0.1) is 4.77 Å². The second-order valence-corrected chi connectivity index (χ2v) is 5.94. The van der Waals surface area contributed by atoms with E-state index in [0.29, 0.717) is 12.4 Å². The Labute approximate surface area is 144 Å². The topological polar surface area (TPSA) is 99.8 Å². The molecule has 0 unspecified atom stereocenters. The molecule has 0 bridgehead atoms. The van der Waals surface area contributed by atoms with Gasteiger partial charge in [0.05, 0.1) is 6.61 Å². The second kappa shape index (κ2) is 7.37. The van der Waals surface area contributed by atoms with Crippen LogP contribution in [0.1, 0.15) is 11.8 Å². The van der Waals surface area contributed by atoms with Crippen molar-refractivity contribution in [1.29, 1.82) is 0 Å². The van der Waals surface area contributed by atoms with Gasteiger partial charge >= 0.3 is 0 Å². The highest BCUT2D eigenvalue weighted by Crippen LogP contribution is 2.29. The van der Waals surface area contributed by atoms with Gasteiger partial charge in [0.15, 0.2) is 6.23 Å². The van der Waals surface area contributed by atoms with Gasteiger partial charge in [-0.2, -0.15) is 0 Å². The maximum atomic E-state index is 10.1. The van der Waals surface area contributed by atoms with E-state index in [1.807, 2.05) is 30.3 Å². The molecule has 1 fully saturated rings. The molecule has 0 radical (unpaired) electrons. The third kappa shape index (κ3) is 3.47. The minimum atomic E-state index is -1.18. The molecule has 4 N–H and O–H groups in total. The normalized spacial score (nSPS) is 26.5. The van der Waals surface area contributed by atoms with Gasteiger partial charge in [0, 0.05) is 12.7 Å². The lowest BCUT2D eigenvalue weighted by atomic mass is 10.1. The number of hydrogen-bond acceptors (Lipinski definition) is 7. The Balaban J connectivity index is 1.72. The minimum absolute atomic E-state index is 0.211. The quantitative estimate of drug-likeness (QED) is 0.594. The maximum Gasteiger partial charge on any atom is 0.203 e. The van der Waals surface area contributed by atoms with Crippen LogP contribution < -0.4 is 5.32 Å². The van der Waals surface area contributed by atoms with Crippen molar-refractivity contribution in [3.05, 3.63) is 52.9 Å². The molecule has 0 amide bonds. The molecule has 0 saturated carbocycles. The SMILES string of the molecule is OC[C@H]1O[C@@H](n2ccc(NCc3ccccc3)nc2=S)[C@H](O)[C@@H]1O. The zero-order valence-electron chi connectivity index (χ0n) is 12.8. The van der Waals surface area contributed by atoms with Crippen molar-refractivity contribution in [2.75, 3.05) is 11.9 Å². The third-order valence-electron chi connectivity index (χ3n) is 3.94. The van der Waals surface area contributed by atoms with Gasteiger partial charge in [-0.05, 0) is 23.8 Å². The molecule has 0 aliphatic carbocycles. The zero-order valence-corrected chi connectivity index (χ0v) is 13.6. The average molecular weight is 349 g/mol. The fourth-order valence-corrected chi connectivity index (χ4v) is 2.87. The lowest BCUT2D eigenvalue weighted by Gasteiger charge is -2.18. The Bertz CT molecular complexity index is 740. The van der Waals surface area contributed by atoms with Crippen LogP contribution in [0.15, 0.2) is 42.6 Å². The van der Waals surface area contributed by atoms with E-state index < -0.39 is 24.5 Å². The molecule has 0 spiro atoms. The minimum Gasteiger partial charge on any atom is -0.394 e. The molecule has 24 heavy (non-hydrogen) atoms. The number of aliphatic hydroxyl groups is 3. The first kappa shape index (κ1) is 17.0. The Morgan fingerprint density at radius 2 is 1.92 bits per heavy atom. The van der Waals surface area contributed by atoms with Crippen molar-refractivity contribution in [3.63, 3.8) is 0 Å². The van der Waals surface area contributed by atoms with Gasteiger partial charge in [0.1, 0.15) is 24.1 Å². The van der Waals surface area contributed by atoms with E-state index in [1.165, 1.54) is 4.57 Å². The molecule has 128 valence electrons. The lowest BCUT2D eigenvalue weighted by Crippen LogP contribution is -2.33. The van der Waals surface area contributed by atoms with E-state index in [-0.39, 0.29) is 11.4 Å². The molecule has 1 aliphatic rings. The summed E-state index contributed by atoms with van der Waals surface area (Å²) in [5.74, 6) is 0.604. The largest absolute Gasteiger partial charge is 0.394 e. The fraction of sp³-hybridized carbons (Fsp3) is 0.375. The Kier molecular flexibility index (Phi) is 5.22. The van der Waals surface area contributed by atoms with Crippen LogP contribution in [0.25, 0.3) is 0 Å². The van der Waals surface area contributed by atoms with Gasteiger partial charge in [0.2, 0.25) is 4.77 Å². The van der Waals surface area contributed by atoms with Gasteiger partial charge in [-0.25, -0.2) is 4.98 Å². The van der Waals surface area contributed by atoms with Gasteiger partial charge < -0.3 is 25.4 Å². The zero-order chi connectivity index (χ0) is 17.1. The molecule has 1 aliphatic heterocycles. The molecule has 7 nitrogen and oxygen atoms in total. The number of rotatable bonds is 5. The number of benzene rings is 1. The summed E-state index contributed by atoms with van der Waals surface area (Å²) < 4.78 is 7.13. The summed E-state index contributed by atoms with van der Waals surface area (Å²) in [6.07, 6.45) is -2.43. The first-order valence-electron chi connectivity index (χ1n) is 7.59. The number of hydrogen-bond donors (Lipinski definition) is 4. The summed E-state index contributed by atoms with van der Waals surface area (Å²) >= 11 is 5.25. The van der Waals surface area contributed by atoms with Gasteiger partial charge in [-0.1, -0.05) is 30.3 Å². The molecule has 1 aromatic carbocycles. The Hall–Kier alpha value is -1.84. The third-order valence-corrected chi connectivity index (χ3v) is 4.24. The van der Waals surface area contributed by atoms with E-state index in [4.69, 9.17) is 22.1 Å². The summed E-state index contributed by atoms with van der Waals surface area (Å²) in [5, 5.41) is 32.2. The van der Waals surface area contributed by atoms with Crippen LogP contribution in [0.3, 0.4) is 0 Å². The van der Waals surface area contributed by atoms with Crippen LogP contribution in [0.4, 0.5) is 5.82 Å². The molecule has 1 saturated heterocycles. The Morgan fingerprint density at radius 3 is 2.54 bits per heavy atom. The van der Waals surface area contributed by atoms with Crippen LogP contribution in [0.5, 0.6) is 0 Å². The van der Waals surface area contributed by atoms with E-state index in [9.17, 15) is 10.2 Å². The van der Waals surface area contributed by atoms with Crippen LogP contribution in [0.2, 0.25) is 0 Å². The highest BCUT2D eigenvalue weighted by atomic mass is 32.1. The average Bonchev–Trinajstić information content (AvgIpc) is 2.89. The van der Waals surface area contributed by atoms with Crippen LogP contribution in [-0.2, 0) is 11.3 Å². The van der Waals surface area contributed by atoms with Crippen molar-refractivity contribution in [2.24, 2.45) is 0 Å². The molecule has 1 aromatic heterocycles. The van der Waals surface area contributed by atoms with Crippen molar-refractivity contribution < 1.29 is 20.1 Å². The molecule has 4 atom stereocenters.